The van der Waals surface area contributed by atoms with Crippen LogP contribution >= 0.6 is 31.4 Å². The Morgan fingerprint density at radius 2 is 2.10 bits per heavy atom. The average Bonchev–Trinajstić information content (AvgIpc) is 2.05. The molecule has 0 spiro atoms. The van der Waals surface area contributed by atoms with E-state index in [9.17, 15) is 0 Å². The number of rotatable bonds is 0. The second-order valence-electron chi connectivity index (χ2n) is 2.02. The SMILES string of the molecule is c1ccc2c(c1)CSSS2. The fourth-order valence-electron chi connectivity index (χ4n) is 0.853. The van der Waals surface area contributed by atoms with Gasteiger partial charge in [0.05, 0.1) is 0 Å². The molecule has 1 heterocycles. The third-order valence-electron chi connectivity index (χ3n) is 1.36. The van der Waals surface area contributed by atoms with Crippen molar-refractivity contribution in [1.82, 2.24) is 0 Å². The van der Waals surface area contributed by atoms with Gasteiger partial charge < -0.3 is 0 Å². The molecule has 1 aromatic carbocycles. The summed E-state index contributed by atoms with van der Waals surface area (Å²) >= 11 is 0. The lowest BCUT2D eigenvalue weighted by Gasteiger charge is -2.11. The molecule has 0 saturated carbocycles. The summed E-state index contributed by atoms with van der Waals surface area (Å²) in [6, 6.07) is 8.60. The maximum Gasteiger partial charge on any atom is 0.0308 e. The maximum atomic E-state index is 2.20. The van der Waals surface area contributed by atoms with Crippen molar-refractivity contribution in [2.45, 2.75) is 10.6 Å². The minimum absolute atomic E-state index is 1.16. The van der Waals surface area contributed by atoms with Crippen molar-refractivity contribution in [2.24, 2.45) is 0 Å². The van der Waals surface area contributed by atoms with Crippen molar-refractivity contribution in [3.05, 3.63) is 29.8 Å². The van der Waals surface area contributed by atoms with Gasteiger partial charge in [-0.05, 0) is 32.2 Å². The first-order valence-electron chi connectivity index (χ1n) is 3.01. The summed E-state index contributed by atoms with van der Waals surface area (Å²) in [4.78, 5) is 1.44. The van der Waals surface area contributed by atoms with Crippen molar-refractivity contribution in [3.8, 4) is 0 Å². The van der Waals surface area contributed by atoms with Crippen LogP contribution in [0.15, 0.2) is 29.2 Å². The monoisotopic (exact) mass is 186 g/mol. The van der Waals surface area contributed by atoms with E-state index in [0.29, 0.717) is 0 Å². The summed E-state index contributed by atoms with van der Waals surface area (Å²) in [5.74, 6) is 1.16. The molecule has 52 valence electrons. The number of fused-ring (bicyclic) bond motifs is 1. The van der Waals surface area contributed by atoms with Crippen LogP contribution in [0.4, 0.5) is 0 Å². The van der Waals surface area contributed by atoms with Crippen LogP contribution < -0.4 is 0 Å². The first-order valence-corrected chi connectivity index (χ1v) is 6.66. The van der Waals surface area contributed by atoms with E-state index in [1.807, 2.05) is 31.4 Å². The number of hydrogen-bond donors (Lipinski definition) is 0. The molecule has 0 bridgehead atoms. The van der Waals surface area contributed by atoms with Gasteiger partial charge in [0.25, 0.3) is 0 Å². The fraction of sp³-hybridized carbons (Fsp3) is 0.143. The van der Waals surface area contributed by atoms with Crippen LogP contribution in [0.25, 0.3) is 0 Å². The lowest BCUT2D eigenvalue weighted by Crippen LogP contribution is -1.84. The molecule has 1 aliphatic rings. The molecular weight excluding hydrogens is 180 g/mol. The molecule has 3 heteroatoms. The standard InChI is InChI=1S/C7H6S3/c1-2-4-7-6(3-1)5-8-10-9-7/h1-4H,5H2. The molecule has 0 N–H and O–H groups in total. The quantitative estimate of drug-likeness (QED) is 0.568. The molecule has 2 rings (SSSR count). The number of hydrogen-bond acceptors (Lipinski definition) is 3. The summed E-state index contributed by atoms with van der Waals surface area (Å²) < 4.78 is 0. The average molecular weight is 186 g/mol. The van der Waals surface area contributed by atoms with Crippen LogP contribution in [-0.4, -0.2) is 0 Å². The lowest BCUT2D eigenvalue weighted by atomic mass is 10.2. The third kappa shape index (κ3) is 1.31. The highest BCUT2D eigenvalue weighted by Gasteiger charge is 2.08. The molecule has 0 aromatic heterocycles. The van der Waals surface area contributed by atoms with Gasteiger partial charge in [-0.25, -0.2) is 0 Å². The predicted molar refractivity (Wildman–Crippen MR) is 51.2 cm³/mol. The van der Waals surface area contributed by atoms with Crippen molar-refractivity contribution >= 4 is 31.4 Å². The van der Waals surface area contributed by atoms with E-state index in [1.54, 1.807) is 0 Å². The van der Waals surface area contributed by atoms with Gasteiger partial charge in [0.2, 0.25) is 0 Å². The Bertz CT molecular complexity index is 209. The van der Waals surface area contributed by atoms with Gasteiger partial charge in [0.15, 0.2) is 0 Å². The molecule has 0 atom stereocenters. The van der Waals surface area contributed by atoms with Gasteiger partial charge in [-0.15, -0.1) is 0 Å². The second kappa shape index (κ2) is 3.11. The Morgan fingerprint density at radius 3 is 3.00 bits per heavy atom. The Hall–Kier alpha value is 0.270. The molecule has 0 aliphatic carbocycles. The first-order chi connectivity index (χ1) is 4.97. The van der Waals surface area contributed by atoms with E-state index in [0.717, 1.165) is 5.75 Å². The Balaban J connectivity index is 2.41. The molecule has 1 aromatic rings. The fourth-order valence-corrected chi connectivity index (χ4v) is 4.78. The highest BCUT2D eigenvalue weighted by Crippen LogP contribution is 2.48. The molecule has 0 saturated heterocycles. The van der Waals surface area contributed by atoms with Crippen LogP contribution in [0.3, 0.4) is 0 Å². The number of benzene rings is 1. The van der Waals surface area contributed by atoms with Gasteiger partial charge >= 0.3 is 0 Å². The van der Waals surface area contributed by atoms with E-state index >= 15 is 0 Å². The molecule has 0 nitrogen and oxygen atoms in total. The highest BCUT2D eigenvalue weighted by atomic mass is 33.5. The van der Waals surface area contributed by atoms with Gasteiger partial charge in [0.1, 0.15) is 0 Å². The van der Waals surface area contributed by atoms with Crippen LogP contribution in [0.2, 0.25) is 0 Å². The Morgan fingerprint density at radius 1 is 1.20 bits per heavy atom. The van der Waals surface area contributed by atoms with E-state index in [-0.39, 0.29) is 0 Å². The summed E-state index contributed by atoms with van der Waals surface area (Å²) in [5, 5.41) is 0. The largest absolute Gasteiger partial charge is 0.0774 e. The van der Waals surface area contributed by atoms with Crippen molar-refractivity contribution in [1.29, 1.82) is 0 Å². The van der Waals surface area contributed by atoms with Gasteiger partial charge in [-0.2, -0.15) is 0 Å². The Kier molecular flexibility index (Phi) is 2.16. The van der Waals surface area contributed by atoms with E-state index < -0.39 is 0 Å². The molecule has 10 heavy (non-hydrogen) atoms. The highest BCUT2D eigenvalue weighted by molar-refractivity contribution is 9.09. The summed E-state index contributed by atoms with van der Waals surface area (Å²) in [6.45, 7) is 0. The van der Waals surface area contributed by atoms with Crippen LogP contribution in [0.1, 0.15) is 5.56 Å². The molecule has 1 aliphatic heterocycles. The minimum Gasteiger partial charge on any atom is -0.0774 e. The first kappa shape index (κ1) is 6.95. The van der Waals surface area contributed by atoms with Gasteiger partial charge in [0, 0.05) is 10.6 Å². The van der Waals surface area contributed by atoms with Crippen LogP contribution in [0, 0.1) is 0 Å². The smallest absolute Gasteiger partial charge is 0.0308 e. The van der Waals surface area contributed by atoms with Gasteiger partial charge in [-0.3, -0.25) is 0 Å². The van der Waals surface area contributed by atoms with Crippen molar-refractivity contribution in [3.63, 3.8) is 0 Å². The lowest BCUT2D eigenvalue weighted by molar-refractivity contribution is 1.28. The van der Waals surface area contributed by atoms with E-state index in [1.165, 1.54) is 10.5 Å². The van der Waals surface area contributed by atoms with Crippen molar-refractivity contribution in [2.75, 3.05) is 0 Å². The summed E-state index contributed by atoms with van der Waals surface area (Å²) in [6.07, 6.45) is 0. The van der Waals surface area contributed by atoms with Crippen LogP contribution in [0.5, 0.6) is 0 Å². The predicted octanol–water partition coefficient (Wildman–Crippen LogP) is 3.59. The van der Waals surface area contributed by atoms with Gasteiger partial charge in [-0.1, -0.05) is 29.0 Å². The van der Waals surface area contributed by atoms with Crippen molar-refractivity contribution < 1.29 is 0 Å². The molecule has 0 unspecified atom stereocenters. The zero-order valence-corrected chi connectivity index (χ0v) is 7.69. The van der Waals surface area contributed by atoms with Crippen LogP contribution in [-0.2, 0) is 5.75 Å². The Labute approximate surface area is 72.0 Å². The zero-order chi connectivity index (χ0) is 6.81. The second-order valence-corrected chi connectivity index (χ2v) is 6.13. The van der Waals surface area contributed by atoms with E-state index in [4.69, 9.17) is 0 Å². The topological polar surface area (TPSA) is 0 Å². The third-order valence-corrected chi connectivity index (χ3v) is 5.39. The molecule has 0 amide bonds. The molecular formula is C7H6S3. The normalized spacial score (nSPS) is 16.4. The molecule has 0 fully saturated rings. The summed E-state index contributed by atoms with van der Waals surface area (Å²) in [7, 11) is 5.66. The summed E-state index contributed by atoms with van der Waals surface area (Å²) in [5.41, 5.74) is 1.48. The van der Waals surface area contributed by atoms with E-state index in [2.05, 4.69) is 24.3 Å². The molecule has 0 radical (unpaired) electrons. The minimum atomic E-state index is 1.16. The maximum absolute atomic E-state index is 2.20. The zero-order valence-electron chi connectivity index (χ0n) is 5.24.